The summed E-state index contributed by atoms with van der Waals surface area (Å²) in [6.45, 7) is 0.272. The predicted octanol–water partition coefficient (Wildman–Crippen LogP) is 1.20. The molecule has 6 heteroatoms. The zero-order valence-electron chi connectivity index (χ0n) is 8.81. The molecule has 1 aromatic heterocycles. The van der Waals surface area contributed by atoms with Crippen LogP contribution in [-0.2, 0) is 6.54 Å². The topological polar surface area (TPSA) is 78.0 Å². The second-order valence-electron chi connectivity index (χ2n) is 3.46. The third kappa shape index (κ3) is 2.54. The van der Waals surface area contributed by atoms with Gasteiger partial charge in [-0.15, -0.1) is 0 Å². The number of hydrogen-bond acceptors (Lipinski definition) is 4. The van der Waals surface area contributed by atoms with Gasteiger partial charge < -0.3 is 0 Å². The number of aromatic nitrogens is 2. The molecule has 0 atom stereocenters. The van der Waals surface area contributed by atoms with Crippen LogP contribution in [0.5, 0.6) is 0 Å². The lowest BCUT2D eigenvalue weighted by molar-refractivity contribution is -0.384. The highest BCUT2D eigenvalue weighted by Gasteiger charge is 2.06. The lowest BCUT2D eigenvalue weighted by Gasteiger charge is -2.03. The summed E-state index contributed by atoms with van der Waals surface area (Å²) in [5.74, 6) is 0. The Labute approximate surface area is 96.3 Å². The molecule has 1 aromatic carbocycles. The molecular weight excluding hydrogens is 222 g/mol. The standard InChI is InChI=1S/C11H9N3O3/c15-11-12-5-2-6-13(11)8-9-3-1-4-10(7-9)14(16)17/h1-7H,8H2. The zero-order valence-corrected chi connectivity index (χ0v) is 8.81. The fourth-order valence-electron chi connectivity index (χ4n) is 1.47. The molecular formula is C11H9N3O3. The highest BCUT2D eigenvalue weighted by molar-refractivity contribution is 5.34. The molecule has 2 aromatic rings. The SMILES string of the molecule is O=c1ncccn1Cc1cccc([N+](=O)[O-])c1. The quantitative estimate of drug-likeness (QED) is 0.587. The van der Waals surface area contributed by atoms with Gasteiger partial charge in [-0.05, 0) is 11.6 Å². The smallest absolute Gasteiger partial charge is 0.295 e. The monoisotopic (exact) mass is 231 g/mol. The van der Waals surface area contributed by atoms with Crippen LogP contribution in [-0.4, -0.2) is 14.5 Å². The largest absolute Gasteiger partial charge is 0.347 e. The third-order valence-corrected chi connectivity index (χ3v) is 2.26. The minimum Gasteiger partial charge on any atom is -0.295 e. The summed E-state index contributed by atoms with van der Waals surface area (Å²) in [5.41, 5.74) is 0.327. The number of nitro benzene ring substituents is 1. The van der Waals surface area contributed by atoms with Crippen molar-refractivity contribution in [2.45, 2.75) is 6.54 Å². The van der Waals surface area contributed by atoms with Gasteiger partial charge >= 0.3 is 5.69 Å². The molecule has 0 aliphatic rings. The first-order valence-electron chi connectivity index (χ1n) is 4.91. The van der Waals surface area contributed by atoms with E-state index in [9.17, 15) is 14.9 Å². The fraction of sp³-hybridized carbons (Fsp3) is 0.0909. The van der Waals surface area contributed by atoms with Gasteiger partial charge in [0.2, 0.25) is 0 Å². The fourth-order valence-corrected chi connectivity index (χ4v) is 1.47. The van der Waals surface area contributed by atoms with Gasteiger partial charge in [-0.1, -0.05) is 12.1 Å². The Bertz CT molecular complexity index is 607. The van der Waals surface area contributed by atoms with Crippen LogP contribution in [0.4, 0.5) is 5.69 Å². The molecule has 0 saturated carbocycles. The molecule has 0 fully saturated rings. The first kappa shape index (κ1) is 11.0. The normalized spacial score (nSPS) is 10.1. The summed E-state index contributed by atoms with van der Waals surface area (Å²) >= 11 is 0. The summed E-state index contributed by atoms with van der Waals surface area (Å²) in [7, 11) is 0. The molecule has 0 radical (unpaired) electrons. The Morgan fingerprint density at radius 2 is 2.18 bits per heavy atom. The summed E-state index contributed by atoms with van der Waals surface area (Å²) in [4.78, 5) is 25.1. The highest BCUT2D eigenvalue weighted by Crippen LogP contribution is 2.13. The van der Waals surface area contributed by atoms with Crippen LogP contribution in [0.2, 0.25) is 0 Å². The summed E-state index contributed by atoms with van der Waals surface area (Å²) in [6, 6.07) is 7.81. The lowest BCUT2D eigenvalue weighted by atomic mass is 10.2. The minimum absolute atomic E-state index is 0.0134. The van der Waals surface area contributed by atoms with E-state index in [0.29, 0.717) is 5.56 Å². The van der Waals surface area contributed by atoms with Crippen LogP contribution in [0.3, 0.4) is 0 Å². The first-order chi connectivity index (χ1) is 8.16. The van der Waals surface area contributed by atoms with E-state index in [1.807, 2.05) is 0 Å². The van der Waals surface area contributed by atoms with E-state index in [4.69, 9.17) is 0 Å². The number of rotatable bonds is 3. The second kappa shape index (κ2) is 4.56. The molecule has 0 aliphatic carbocycles. The molecule has 0 bridgehead atoms. The van der Waals surface area contributed by atoms with E-state index in [0.717, 1.165) is 0 Å². The van der Waals surface area contributed by atoms with Crippen LogP contribution in [0.1, 0.15) is 5.56 Å². The van der Waals surface area contributed by atoms with Crippen molar-refractivity contribution in [1.29, 1.82) is 0 Å². The zero-order chi connectivity index (χ0) is 12.3. The van der Waals surface area contributed by atoms with Crippen LogP contribution in [0.15, 0.2) is 47.5 Å². The van der Waals surface area contributed by atoms with Gasteiger partial charge in [-0.3, -0.25) is 14.7 Å². The van der Waals surface area contributed by atoms with Crippen molar-refractivity contribution in [3.63, 3.8) is 0 Å². The predicted molar refractivity (Wildman–Crippen MR) is 60.7 cm³/mol. The molecule has 0 saturated heterocycles. The number of nitrogens with zero attached hydrogens (tertiary/aromatic N) is 3. The van der Waals surface area contributed by atoms with Gasteiger partial charge in [0.05, 0.1) is 11.5 Å². The van der Waals surface area contributed by atoms with Crippen molar-refractivity contribution in [2.75, 3.05) is 0 Å². The molecule has 6 nitrogen and oxygen atoms in total. The molecule has 0 N–H and O–H groups in total. The van der Waals surface area contributed by atoms with Gasteiger partial charge in [-0.25, -0.2) is 9.78 Å². The number of benzene rings is 1. The molecule has 1 heterocycles. The Kier molecular flexibility index (Phi) is 2.95. The summed E-state index contributed by atoms with van der Waals surface area (Å²) in [5, 5.41) is 10.6. The lowest BCUT2D eigenvalue weighted by Crippen LogP contribution is -2.21. The van der Waals surface area contributed by atoms with Crippen LogP contribution in [0.25, 0.3) is 0 Å². The maximum atomic E-state index is 11.4. The van der Waals surface area contributed by atoms with Crippen molar-refractivity contribution < 1.29 is 4.92 Å². The minimum atomic E-state index is -0.463. The summed E-state index contributed by atoms with van der Waals surface area (Å²) < 4.78 is 1.39. The number of hydrogen-bond donors (Lipinski definition) is 0. The third-order valence-electron chi connectivity index (χ3n) is 2.26. The van der Waals surface area contributed by atoms with Gasteiger partial charge in [-0.2, -0.15) is 0 Å². The van der Waals surface area contributed by atoms with Gasteiger partial charge in [0, 0.05) is 24.5 Å². The van der Waals surface area contributed by atoms with E-state index in [2.05, 4.69) is 4.98 Å². The average Bonchev–Trinajstić information content (AvgIpc) is 2.32. The number of non-ortho nitro benzene ring substituents is 1. The van der Waals surface area contributed by atoms with Crippen molar-refractivity contribution in [3.05, 3.63) is 68.9 Å². The van der Waals surface area contributed by atoms with Crippen LogP contribution >= 0.6 is 0 Å². The number of nitro groups is 1. The maximum absolute atomic E-state index is 11.4. The van der Waals surface area contributed by atoms with Crippen LogP contribution < -0.4 is 5.69 Å². The van der Waals surface area contributed by atoms with Crippen molar-refractivity contribution in [2.24, 2.45) is 0 Å². The Morgan fingerprint density at radius 3 is 2.88 bits per heavy atom. The Hall–Kier alpha value is -2.50. The average molecular weight is 231 g/mol. The van der Waals surface area contributed by atoms with Crippen molar-refractivity contribution in [1.82, 2.24) is 9.55 Å². The second-order valence-corrected chi connectivity index (χ2v) is 3.46. The van der Waals surface area contributed by atoms with Crippen molar-refractivity contribution in [3.8, 4) is 0 Å². The molecule has 2 rings (SSSR count). The Morgan fingerprint density at radius 1 is 1.35 bits per heavy atom. The van der Waals surface area contributed by atoms with Gasteiger partial charge in [0.15, 0.2) is 0 Å². The molecule has 86 valence electrons. The maximum Gasteiger partial charge on any atom is 0.347 e. The van der Waals surface area contributed by atoms with Crippen molar-refractivity contribution >= 4 is 5.69 Å². The van der Waals surface area contributed by atoms with Gasteiger partial charge in [0.25, 0.3) is 5.69 Å². The van der Waals surface area contributed by atoms with E-state index in [-0.39, 0.29) is 17.9 Å². The van der Waals surface area contributed by atoms with E-state index >= 15 is 0 Å². The van der Waals surface area contributed by atoms with E-state index in [1.165, 1.54) is 22.9 Å². The van der Waals surface area contributed by atoms with E-state index in [1.54, 1.807) is 24.4 Å². The van der Waals surface area contributed by atoms with Crippen LogP contribution in [0, 0.1) is 10.1 Å². The molecule has 0 spiro atoms. The van der Waals surface area contributed by atoms with E-state index < -0.39 is 4.92 Å². The highest BCUT2D eigenvalue weighted by atomic mass is 16.6. The Balaban J connectivity index is 2.31. The molecule has 0 unspecified atom stereocenters. The molecule has 0 amide bonds. The molecule has 17 heavy (non-hydrogen) atoms. The molecule has 0 aliphatic heterocycles. The summed E-state index contributed by atoms with van der Waals surface area (Å²) in [6.07, 6.45) is 3.00. The van der Waals surface area contributed by atoms with Gasteiger partial charge in [0.1, 0.15) is 0 Å². The first-order valence-corrected chi connectivity index (χ1v) is 4.91.